The first kappa shape index (κ1) is 14.5. The van der Waals surface area contributed by atoms with E-state index in [0.717, 1.165) is 5.56 Å². The SMILES string of the molecule is COc1cc(C)ccc1C(O)C(O)CNC(C)=O. The van der Waals surface area contributed by atoms with Gasteiger partial charge in [-0.2, -0.15) is 0 Å². The van der Waals surface area contributed by atoms with Gasteiger partial charge in [-0.25, -0.2) is 0 Å². The number of hydrogen-bond acceptors (Lipinski definition) is 4. The number of hydrogen-bond donors (Lipinski definition) is 3. The summed E-state index contributed by atoms with van der Waals surface area (Å²) in [6, 6.07) is 5.31. The number of benzene rings is 1. The minimum Gasteiger partial charge on any atom is -0.496 e. The number of carbonyl (C=O) groups excluding carboxylic acids is 1. The molecule has 0 saturated heterocycles. The van der Waals surface area contributed by atoms with Crippen LogP contribution >= 0.6 is 0 Å². The van der Waals surface area contributed by atoms with E-state index in [9.17, 15) is 15.0 Å². The number of aliphatic hydroxyl groups is 2. The maximum absolute atomic E-state index is 10.7. The Bertz CT molecular complexity index is 419. The molecule has 18 heavy (non-hydrogen) atoms. The minimum absolute atomic E-state index is 0.00642. The molecule has 0 aliphatic carbocycles. The summed E-state index contributed by atoms with van der Waals surface area (Å²) >= 11 is 0. The van der Waals surface area contributed by atoms with Crippen molar-refractivity contribution in [3.8, 4) is 5.75 Å². The molecule has 1 aromatic rings. The van der Waals surface area contributed by atoms with Gasteiger partial charge >= 0.3 is 0 Å². The van der Waals surface area contributed by atoms with E-state index in [2.05, 4.69) is 5.32 Å². The van der Waals surface area contributed by atoms with Crippen LogP contribution in [0.25, 0.3) is 0 Å². The summed E-state index contributed by atoms with van der Waals surface area (Å²) in [5.74, 6) is 0.265. The van der Waals surface area contributed by atoms with Crippen molar-refractivity contribution in [3.63, 3.8) is 0 Å². The van der Waals surface area contributed by atoms with Crippen molar-refractivity contribution in [2.24, 2.45) is 0 Å². The molecule has 3 N–H and O–H groups in total. The molecule has 1 aromatic carbocycles. The van der Waals surface area contributed by atoms with Crippen molar-refractivity contribution in [1.29, 1.82) is 0 Å². The van der Waals surface area contributed by atoms with Gasteiger partial charge in [0.2, 0.25) is 5.91 Å². The Morgan fingerprint density at radius 1 is 1.44 bits per heavy atom. The number of aryl methyl sites for hydroxylation is 1. The molecule has 0 spiro atoms. The Morgan fingerprint density at radius 2 is 2.11 bits per heavy atom. The first-order valence-corrected chi connectivity index (χ1v) is 5.70. The van der Waals surface area contributed by atoms with Gasteiger partial charge in [0.1, 0.15) is 18.0 Å². The topological polar surface area (TPSA) is 78.8 Å². The number of aliphatic hydroxyl groups excluding tert-OH is 2. The standard InChI is InChI=1S/C13H19NO4/c1-8-4-5-10(12(6-8)18-3)13(17)11(16)7-14-9(2)15/h4-6,11,13,16-17H,7H2,1-3H3,(H,14,15). The van der Waals surface area contributed by atoms with Crippen LogP contribution in [0.15, 0.2) is 18.2 Å². The van der Waals surface area contributed by atoms with Crippen LogP contribution < -0.4 is 10.1 Å². The molecule has 0 saturated carbocycles. The fourth-order valence-corrected chi connectivity index (χ4v) is 1.63. The van der Waals surface area contributed by atoms with E-state index >= 15 is 0 Å². The molecule has 5 heteroatoms. The predicted octanol–water partition coefficient (Wildman–Crippen LogP) is 0.534. The second kappa shape index (κ2) is 6.37. The van der Waals surface area contributed by atoms with Gasteiger partial charge < -0.3 is 20.3 Å². The largest absolute Gasteiger partial charge is 0.496 e. The Hall–Kier alpha value is -1.59. The van der Waals surface area contributed by atoms with E-state index < -0.39 is 12.2 Å². The number of carbonyl (C=O) groups is 1. The van der Waals surface area contributed by atoms with Gasteiger partial charge in [0, 0.05) is 19.0 Å². The molecule has 1 rings (SSSR count). The predicted molar refractivity (Wildman–Crippen MR) is 67.4 cm³/mol. The summed E-state index contributed by atoms with van der Waals surface area (Å²) in [6.07, 6.45) is -2.18. The molecule has 100 valence electrons. The fourth-order valence-electron chi connectivity index (χ4n) is 1.63. The zero-order valence-electron chi connectivity index (χ0n) is 10.8. The maximum atomic E-state index is 10.7. The van der Waals surface area contributed by atoms with Crippen molar-refractivity contribution in [1.82, 2.24) is 5.32 Å². The number of nitrogens with one attached hydrogen (secondary N) is 1. The molecule has 2 unspecified atom stereocenters. The highest BCUT2D eigenvalue weighted by molar-refractivity contribution is 5.72. The van der Waals surface area contributed by atoms with Crippen LogP contribution in [0, 0.1) is 6.92 Å². The van der Waals surface area contributed by atoms with Crippen LogP contribution in [0.2, 0.25) is 0 Å². The summed E-state index contributed by atoms with van der Waals surface area (Å²) in [5.41, 5.74) is 1.50. The molecular formula is C13H19NO4. The van der Waals surface area contributed by atoms with Crippen molar-refractivity contribution < 1.29 is 19.7 Å². The summed E-state index contributed by atoms with van der Waals surface area (Å²) in [4.78, 5) is 10.7. The van der Waals surface area contributed by atoms with Crippen molar-refractivity contribution in [2.45, 2.75) is 26.1 Å². The number of amides is 1. The number of ether oxygens (including phenoxy) is 1. The lowest BCUT2D eigenvalue weighted by molar-refractivity contribution is -0.119. The summed E-state index contributed by atoms with van der Waals surface area (Å²) in [5, 5.41) is 22.3. The third kappa shape index (κ3) is 3.72. The summed E-state index contributed by atoms with van der Waals surface area (Å²) < 4.78 is 5.16. The maximum Gasteiger partial charge on any atom is 0.216 e. The molecular weight excluding hydrogens is 234 g/mol. The average molecular weight is 253 g/mol. The van der Waals surface area contributed by atoms with Crippen LogP contribution in [0.3, 0.4) is 0 Å². The van der Waals surface area contributed by atoms with Gasteiger partial charge in [0.25, 0.3) is 0 Å². The molecule has 2 atom stereocenters. The third-order valence-corrected chi connectivity index (χ3v) is 2.63. The highest BCUT2D eigenvalue weighted by Crippen LogP contribution is 2.28. The Morgan fingerprint density at radius 3 is 2.67 bits per heavy atom. The van der Waals surface area contributed by atoms with E-state index in [1.54, 1.807) is 12.1 Å². The molecule has 5 nitrogen and oxygen atoms in total. The second-order valence-electron chi connectivity index (χ2n) is 4.19. The quantitative estimate of drug-likeness (QED) is 0.715. The zero-order chi connectivity index (χ0) is 13.7. The highest BCUT2D eigenvalue weighted by Gasteiger charge is 2.21. The summed E-state index contributed by atoms with van der Waals surface area (Å²) in [6.45, 7) is 3.26. The van der Waals surface area contributed by atoms with Crippen molar-refractivity contribution >= 4 is 5.91 Å². The Balaban J connectivity index is 2.82. The smallest absolute Gasteiger partial charge is 0.216 e. The monoisotopic (exact) mass is 253 g/mol. The highest BCUT2D eigenvalue weighted by atomic mass is 16.5. The lowest BCUT2D eigenvalue weighted by atomic mass is 10.0. The number of rotatable bonds is 5. The molecule has 0 radical (unpaired) electrons. The number of methoxy groups -OCH3 is 1. The van der Waals surface area contributed by atoms with E-state index in [1.807, 2.05) is 13.0 Å². The first-order chi connectivity index (χ1) is 8.45. The molecule has 1 amide bonds. The van der Waals surface area contributed by atoms with Crippen LogP contribution in [0.5, 0.6) is 5.75 Å². The average Bonchev–Trinajstić information content (AvgIpc) is 2.34. The van der Waals surface area contributed by atoms with Crippen LogP contribution in [-0.2, 0) is 4.79 Å². The summed E-state index contributed by atoms with van der Waals surface area (Å²) in [7, 11) is 1.51. The van der Waals surface area contributed by atoms with Gasteiger partial charge in [-0.15, -0.1) is 0 Å². The lowest BCUT2D eigenvalue weighted by Crippen LogP contribution is -2.34. The minimum atomic E-state index is -1.10. The lowest BCUT2D eigenvalue weighted by Gasteiger charge is -2.20. The molecule has 0 fully saturated rings. The normalized spacial score (nSPS) is 13.8. The Labute approximate surface area is 106 Å². The van der Waals surface area contributed by atoms with Gasteiger partial charge in [0.05, 0.1) is 7.11 Å². The van der Waals surface area contributed by atoms with E-state index in [-0.39, 0.29) is 12.5 Å². The fraction of sp³-hybridized carbons (Fsp3) is 0.462. The molecule has 0 aromatic heterocycles. The first-order valence-electron chi connectivity index (χ1n) is 5.70. The Kier molecular flexibility index (Phi) is 5.12. The third-order valence-electron chi connectivity index (χ3n) is 2.63. The molecule has 0 aliphatic rings. The van der Waals surface area contributed by atoms with Gasteiger partial charge in [-0.3, -0.25) is 4.79 Å². The molecule has 0 bridgehead atoms. The van der Waals surface area contributed by atoms with E-state index in [0.29, 0.717) is 11.3 Å². The van der Waals surface area contributed by atoms with Gasteiger partial charge in [-0.1, -0.05) is 12.1 Å². The second-order valence-corrected chi connectivity index (χ2v) is 4.19. The zero-order valence-corrected chi connectivity index (χ0v) is 10.8. The van der Waals surface area contributed by atoms with Crippen LogP contribution in [-0.4, -0.2) is 35.9 Å². The van der Waals surface area contributed by atoms with Gasteiger partial charge in [0.15, 0.2) is 0 Å². The van der Waals surface area contributed by atoms with Crippen LogP contribution in [0.4, 0.5) is 0 Å². The molecule has 0 heterocycles. The van der Waals surface area contributed by atoms with E-state index in [4.69, 9.17) is 4.74 Å². The van der Waals surface area contributed by atoms with Crippen molar-refractivity contribution in [3.05, 3.63) is 29.3 Å². The van der Waals surface area contributed by atoms with Crippen LogP contribution in [0.1, 0.15) is 24.2 Å². The van der Waals surface area contributed by atoms with Gasteiger partial charge in [-0.05, 0) is 18.6 Å². The van der Waals surface area contributed by atoms with Crippen molar-refractivity contribution in [2.75, 3.05) is 13.7 Å². The van der Waals surface area contributed by atoms with E-state index in [1.165, 1.54) is 14.0 Å². The molecule has 0 aliphatic heterocycles.